The van der Waals surface area contributed by atoms with Gasteiger partial charge in [-0.3, -0.25) is 38.3 Å². The number of ether oxygens (including phenoxy) is 4. The average Bonchev–Trinajstić information content (AvgIpc) is 2.71. The summed E-state index contributed by atoms with van der Waals surface area (Å²) >= 11 is 9.44. The topological polar surface area (TPSA) is 255 Å². The van der Waals surface area contributed by atoms with Gasteiger partial charge in [0.05, 0.1) is 67.8 Å². The predicted molar refractivity (Wildman–Crippen MR) is 313 cm³/mol. The normalized spacial score (nSPS) is 16.2. The number of amides is 4. The summed E-state index contributed by atoms with van der Waals surface area (Å²) in [4.78, 5) is 92.3. The molecule has 0 radical (unpaired) electrons. The Bertz CT molecular complexity index is 3030. The van der Waals surface area contributed by atoms with Crippen molar-refractivity contribution in [1.29, 1.82) is 0 Å². The van der Waals surface area contributed by atoms with Gasteiger partial charge in [-0.25, -0.2) is 4.98 Å². The van der Waals surface area contributed by atoms with E-state index in [1.165, 1.54) is 4.90 Å². The molecule has 5 aromatic rings. The fraction of sp³-hybridized carbons (Fsp3) is 0.525. The lowest BCUT2D eigenvalue weighted by Crippen LogP contribution is -2.58. The van der Waals surface area contributed by atoms with Crippen LogP contribution in [-0.2, 0) is 54.3 Å². The van der Waals surface area contributed by atoms with E-state index in [0.29, 0.717) is 29.5 Å². The maximum Gasteiger partial charge on any atom is 0.306 e. The lowest BCUT2D eigenvalue weighted by Gasteiger charge is -2.35. The molecule has 0 aliphatic carbocycles. The molecular formula is C59H76ClN9O11S2. The number of aliphatic imine (C=N–C) groups is 1. The van der Waals surface area contributed by atoms with Crippen molar-refractivity contribution in [3.8, 4) is 15.4 Å². The Morgan fingerprint density at radius 3 is 2.13 bits per heavy atom. The molecule has 2 aliphatic heterocycles. The molecule has 82 heavy (non-hydrogen) atoms. The highest BCUT2D eigenvalue weighted by molar-refractivity contribution is 7.15. The van der Waals surface area contributed by atoms with E-state index in [4.69, 9.17) is 40.6 Å². The first-order valence-corrected chi connectivity index (χ1v) is 30.0. The molecule has 20 nitrogen and oxygen atoms in total. The van der Waals surface area contributed by atoms with Crippen molar-refractivity contribution in [2.75, 3.05) is 52.7 Å². The molecule has 7 rings (SSSR count). The quantitative estimate of drug-likeness (QED) is 0.0249. The second kappa shape index (κ2) is 30.2. The molecule has 442 valence electrons. The summed E-state index contributed by atoms with van der Waals surface area (Å²) in [6, 6.07) is 12.7. The molecule has 23 heteroatoms. The van der Waals surface area contributed by atoms with Crippen LogP contribution in [0.1, 0.15) is 135 Å². The van der Waals surface area contributed by atoms with Gasteiger partial charge in [-0.2, -0.15) is 0 Å². The molecular weight excluding hydrogens is 1110 g/mol. The van der Waals surface area contributed by atoms with Crippen LogP contribution in [0.25, 0.3) is 15.4 Å². The number of thiophene rings is 1. The monoisotopic (exact) mass is 1190 g/mol. The molecule has 4 atom stereocenters. The van der Waals surface area contributed by atoms with E-state index < -0.39 is 59.3 Å². The number of carboxylic acids is 1. The number of halogens is 1. The van der Waals surface area contributed by atoms with E-state index in [1.54, 1.807) is 28.2 Å². The summed E-state index contributed by atoms with van der Waals surface area (Å²) in [5.41, 5.74) is 7.56. The number of carbonyl (C=O) groups is 6. The van der Waals surface area contributed by atoms with Crippen LogP contribution in [0.2, 0.25) is 5.02 Å². The summed E-state index contributed by atoms with van der Waals surface area (Å²) in [5, 5.41) is 28.0. The van der Waals surface area contributed by atoms with Crippen LogP contribution >= 0.6 is 34.3 Å². The van der Waals surface area contributed by atoms with Gasteiger partial charge >= 0.3 is 11.9 Å². The van der Waals surface area contributed by atoms with Crippen molar-refractivity contribution in [2.45, 2.75) is 143 Å². The number of carboxylic acid groups (broad SMARTS) is 1. The molecule has 2 aromatic carbocycles. The Hall–Kier alpha value is -6.43. The van der Waals surface area contributed by atoms with Gasteiger partial charge in [0.25, 0.3) is 0 Å². The van der Waals surface area contributed by atoms with Crippen LogP contribution in [0.3, 0.4) is 0 Å². The molecule has 0 spiro atoms. The molecule has 1 saturated heterocycles. The number of unbranched alkanes of at least 4 members (excludes halogenated alkanes) is 5. The fourth-order valence-electron chi connectivity index (χ4n) is 9.80. The zero-order chi connectivity index (χ0) is 58.9. The number of fused-ring (bicyclic) bond motifs is 3. The molecule has 0 saturated carbocycles. The standard InChI is InChI=1S/C59H76ClN9O11S2/c1-36-38(3)82-58-51(36)52(41-20-22-43(60)23-21-41)64-45(55-67-66-39(4)69(55)58)31-47(70)61-24-25-77-26-27-78-28-29-79-34-48(71)65-54(59(5,6)7)57(76)68-33-44(80-50(74)15-13-11-9-8-10-12-14-49(72)73)30-46(68)56(75)62-32-40-16-18-42(19-17-40)53-37(2)63-35-81-53/h16-23,35,44-46,54H,8-15,24-34H2,1-7H3,(H,61,70)(H,62,75)(H,65,71)(H,72,73)/t44-,45+,46+,54-/m1/s1. The van der Waals surface area contributed by atoms with Gasteiger partial charge in [-0.15, -0.1) is 32.9 Å². The molecule has 0 unspecified atom stereocenters. The molecule has 5 heterocycles. The number of esters is 1. The van der Waals surface area contributed by atoms with Crippen LogP contribution in [0, 0.1) is 33.1 Å². The third kappa shape index (κ3) is 17.6. The van der Waals surface area contributed by atoms with Gasteiger partial charge in [0.2, 0.25) is 23.6 Å². The van der Waals surface area contributed by atoms with Crippen LogP contribution in [0.15, 0.2) is 59.0 Å². The maximum absolute atomic E-state index is 14.5. The summed E-state index contributed by atoms with van der Waals surface area (Å²) in [5.74, 6) is -1.59. The van der Waals surface area contributed by atoms with Crippen molar-refractivity contribution in [3.63, 3.8) is 0 Å². The number of carbonyl (C=O) groups excluding carboxylic acids is 5. The van der Waals surface area contributed by atoms with Crippen molar-refractivity contribution in [3.05, 3.63) is 104 Å². The average molecular weight is 1190 g/mol. The number of thiazole rings is 1. The van der Waals surface area contributed by atoms with E-state index in [9.17, 15) is 28.8 Å². The van der Waals surface area contributed by atoms with Crippen molar-refractivity contribution in [1.82, 2.24) is 40.6 Å². The second-order valence-electron chi connectivity index (χ2n) is 21.7. The number of likely N-dealkylation sites (tertiary alicyclic amines) is 1. The Labute approximate surface area is 492 Å². The third-order valence-corrected chi connectivity index (χ3v) is 16.7. The van der Waals surface area contributed by atoms with Crippen LogP contribution in [0.4, 0.5) is 0 Å². The highest BCUT2D eigenvalue weighted by Gasteiger charge is 2.46. The molecule has 4 amide bonds. The van der Waals surface area contributed by atoms with Crippen molar-refractivity contribution in [2.24, 2.45) is 10.4 Å². The molecule has 2 aliphatic rings. The van der Waals surface area contributed by atoms with Crippen LogP contribution < -0.4 is 16.0 Å². The number of nitrogens with one attached hydrogen (secondary N) is 3. The number of hydrogen-bond donors (Lipinski definition) is 4. The van der Waals surface area contributed by atoms with Gasteiger partial charge < -0.3 is 44.9 Å². The van der Waals surface area contributed by atoms with Gasteiger partial charge in [-0.1, -0.05) is 94.5 Å². The summed E-state index contributed by atoms with van der Waals surface area (Å²) in [6.07, 6.45) is 4.26. The minimum Gasteiger partial charge on any atom is -0.481 e. The molecule has 1 fully saturated rings. The van der Waals surface area contributed by atoms with Gasteiger partial charge in [0.1, 0.15) is 41.7 Å². The number of aromatic nitrogens is 4. The zero-order valence-electron chi connectivity index (χ0n) is 47.8. The summed E-state index contributed by atoms with van der Waals surface area (Å²) in [6.45, 7) is 14.5. The van der Waals surface area contributed by atoms with Gasteiger partial charge in [0, 0.05) is 53.4 Å². The minimum absolute atomic E-state index is 0.0328. The Balaban J connectivity index is 0.837. The van der Waals surface area contributed by atoms with Gasteiger partial charge in [-0.05, 0) is 74.8 Å². The van der Waals surface area contributed by atoms with Crippen molar-refractivity contribution >= 4 is 75.6 Å². The minimum atomic E-state index is -1.06. The Kier molecular flexibility index (Phi) is 23.3. The second-order valence-corrected chi connectivity index (χ2v) is 24.1. The van der Waals surface area contributed by atoms with E-state index in [2.05, 4.69) is 45.0 Å². The highest BCUT2D eigenvalue weighted by atomic mass is 35.5. The highest BCUT2D eigenvalue weighted by Crippen LogP contribution is 2.40. The number of rotatable bonds is 30. The number of nitrogens with zero attached hydrogens (tertiary/aromatic N) is 6. The van der Waals surface area contributed by atoms with E-state index in [-0.39, 0.29) is 90.9 Å². The third-order valence-electron chi connectivity index (χ3n) is 14.3. The van der Waals surface area contributed by atoms with Crippen LogP contribution in [0.5, 0.6) is 0 Å². The van der Waals surface area contributed by atoms with Gasteiger partial charge in [0.15, 0.2) is 5.82 Å². The number of aliphatic carboxylic acids is 1. The summed E-state index contributed by atoms with van der Waals surface area (Å²) < 4.78 is 24.9. The molecule has 4 N–H and O–H groups in total. The van der Waals surface area contributed by atoms with E-state index >= 15 is 0 Å². The lowest BCUT2D eigenvalue weighted by molar-refractivity contribution is -0.150. The number of benzene rings is 2. The number of aryl methyl sites for hydroxylation is 3. The Morgan fingerprint density at radius 2 is 1.46 bits per heavy atom. The van der Waals surface area contributed by atoms with E-state index in [1.807, 2.05) is 87.7 Å². The predicted octanol–water partition coefficient (Wildman–Crippen LogP) is 8.35. The molecule has 3 aromatic heterocycles. The summed E-state index contributed by atoms with van der Waals surface area (Å²) in [7, 11) is 0. The first-order valence-electron chi connectivity index (χ1n) is 27.9. The zero-order valence-corrected chi connectivity index (χ0v) is 50.2. The SMILES string of the molecule is Cc1ncsc1-c1ccc(CNC(=O)[C@@H]2C[C@@H](OC(=O)CCCCCCCCC(=O)O)CN2C(=O)[C@@H](NC(=O)COCCOCCOCCNC(=O)C[C@@H]2N=C(c3ccc(Cl)cc3)c3c(sc(C)c3C)-n3c(C)nnc32)C(C)(C)C)cc1. The fourth-order valence-corrected chi connectivity index (χ4v) is 11.9. The van der Waals surface area contributed by atoms with Crippen molar-refractivity contribution < 1.29 is 52.8 Å². The smallest absolute Gasteiger partial charge is 0.306 e. The Morgan fingerprint density at radius 1 is 0.805 bits per heavy atom. The number of hydrogen-bond acceptors (Lipinski definition) is 16. The molecule has 0 bridgehead atoms. The van der Waals surface area contributed by atoms with E-state index in [0.717, 1.165) is 79.7 Å². The van der Waals surface area contributed by atoms with Crippen LogP contribution in [-0.4, -0.2) is 142 Å². The largest absolute Gasteiger partial charge is 0.481 e. The lowest BCUT2D eigenvalue weighted by atomic mass is 9.85. The first kappa shape index (κ1) is 63.2. The first-order chi connectivity index (χ1) is 39.3. The maximum atomic E-state index is 14.5.